The average molecular weight is 408 g/mol. The second-order valence-electron chi connectivity index (χ2n) is 6.36. The van der Waals surface area contributed by atoms with Crippen LogP contribution in [-0.4, -0.2) is 72.9 Å². The number of nitrogens with one attached hydrogen (secondary N) is 1. The van der Waals surface area contributed by atoms with Gasteiger partial charge < -0.3 is 15.1 Å². The van der Waals surface area contributed by atoms with Gasteiger partial charge in [-0.1, -0.05) is 23.7 Å². The molecule has 0 atom stereocenters. The zero-order valence-corrected chi connectivity index (χ0v) is 16.7. The number of rotatable bonds is 6. The molecule has 1 aromatic carbocycles. The molecule has 7 nitrogen and oxygen atoms in total. The van der Waals surface area contributed by atoms with Crippen molar-refractivity contribution in [3.05, 3.63) is 40.9 Å². The van der Waals surface area contributed by atoms with Crippen LogP contribution in [0.1, 0.15) is 0 Å². The van der Waals surface area contributed by atoms with Crippen molar-refractivity contribution >= 4 is 45.6 Å². The van der Waals surface area contributed by atoms with Crippen molar-refractivity contribution in [3.8, 4) is 0 Å². The fourth-order valence-corrected chi connectivity index (χ4v) is 3.72. The van der Waals surface area contributed by atoms with Crippen LogP contribution in [0.15, 0.2) is 35.8 Å². The molecular weight excluding hydrogens is 386 g/mol. The van der Waals surface area contributed by atoms with Crippen LogP contribution in [0.2, 0.25) is 5.02 Å². The van der Waals surface area contributed by atoms with Crippen LogP contribution >= 0.6 is 22.9 Å². The third-order valence-electron chi connectivity index (χ3n) is 4.38. The van der Waals surface area contributed by atoms with Gasteiger partial charge in [0.25, 0.3) is 0 Å². The Morgan fingerprint density at radius 3 is 2.67 bits per heavy atom. The number of carbonyl (C=O) groups is 2. The van der Waals surface area contributed by atoms with Gasteiger partial charge in [-0.05, 0) is 12.1 Å². The third kappa shape index (κ3) is 5.41. The molecule has 1 aliphatic rings. The maximum Gasteiger partial charge on any atom is 0.244 e. The van der Waals surface area contributed by atoms with E-state index in [4.69, 9.17) is 11.6 Å². The van der Waals surface area contributed by atoms with Gasteiger partial charge in [0.1, 0.15) is 0 Å². The van der Waals surface area contributed by atoms with Crippen LogP contribution in [0.25, 0.3) is 0 Å². The molecule has 2 aromatic rings. The van der Waals surface area contributed by atoms with Crippen LogP contribution in [0.3, 0.4) is 0 Å². The van der Waals surface area contributed by atoms with Crippen LogP contribution < -0.4 is 10.2 Å². The number of piperazine rings is 1. The average Bonchev–Trinajstić information content (AvgIpc) is 3.19. The molecule has 2 heterocycles. The normalized spacial score (nSPS) is 14.8. The summed E-state index contributed by atoms with van der Waals surface area (Å²) in [6.07, 6.45) is 1.80. The summed E-state index contributed by atoms with van der Waals surface area (Å²) in [7, 11) is 1.64. The lowest BCUT2D eigenvalue weighted by Crippen LogP contribution is -2.50. The van der Waals surface area contributed by atoms with E-state index < -0.39 is 0 Å². The summed E-state index contributed by atoms with van der Waals surface area (Å²) in [6.45, 7) is 3.58. The number of halogens is 1. The van der Waals surface area contributed by atoms with Crippen molar-refractivity contribution < 1.29 is 9.59 Å². The fourth-order valence-electron chi connectivity index (χ4n) is 2.84. The molecule has 0 spiro atoms. The van der Waals surface area contributed by atoms with Crippen molar-refractivity contribution in [1.82, 2.24) is 14.8 Å². The maximum atomic E-state index is 12.4. The van der Waals surface area contributed by atoms with E-state index in [-0.39, 0.29) is 18.4 Å². The van der Waals surface area contributed by atoms with Crippen LogP contribution in [0, 0.1) is 0 Å². The van der Waals surface area contributed by atoms with Gasteiger partial charge in [-0.15, -0.1) is 11.3 Å². The first-order valence-corrected chi connectivity index (χ1v) is 9.94. The maximum absolute atomic E-state index is 12.4. The molecule has 0 unspecified atom stereocenters. The number of nitrogens with zero attached hydrogens (tertiary/aromatic N) is 4. The van der Waals surface area contributed by atoms with Gasteiger partial charge in [0, 0.05) is 44.8 Å². The molecular formula is C18H22ClN5O2S. The zero-order valence-electron chi connectivity index (χ0n) is 15.1. The first-order chi connectivity index (χ1) is 13.0. The Balaban J connectivity index is 1.43. The SMILES string of the molecule is CN(CC(=O)Nc1ccccc1Cl)C(=O)CN1CCN(c2nccs2)CC1. The molecule has 0 aliphatic carbocycles. The molecule has 0 bridgehead atoms. The summed E-state index contributed by atoms with van der Waals surface area (Å²) in [5, 5.41) is 6.19. The van der Waals surface area contributed by atoms with Crippen molar-refractivity contribution in [3.63, 3.8) is 0 Å². The Morgan fingerprint density at radius 2 is 2.00 bits per heavy atom. The van der Waals surface area contributed by atoms with Crippen LogP contribution in [0.4, 0.5) is 10.8 Å². The second kappa shape index (κ2) is 9.16. The molecule has 1 saturated heterocycles. The van der Waals surface area contributed by atoms with Crippen molar-refractivity contribution in [1.29, 1.82) is 0 Å². The lowest BCUT2D eigenvalue weighted by Gasteiger charge is -2.34. The molecule has 144 valence electrons. The second-order valence-corrected chi connectivity index (χ2v) is 7.64. The Hall–Kier alpha value is -2.16. The highest BCUT2D eigenvalue weighted by Gasteiger charge is 2.22. The molecule has 1 aliphatic heterocycles. The summed E-state index contributed by atoms with van der Waals surface area (Å²) in [6, 6.07) is 7.02. The van der Waals surface area contributed by atoms with E-state index in [9.17, 15) is 9.59 Å². The Morgan fingerprint density at radius 1 is 1.26 bits per heavy atom. The number of carbonyl (C=O) groups excluding carboxylic acids is 2. The number of thiazole rings is 1. The van der Waals surface area contributed by atoms with E-state index >= 15 is 0 Å². The summed E-state index contributed by atoms with van der Waals surface area (Å²) in [4.78, 5) is 34.7. The van der Waals surface area contributed by atoms with Crippen molar-refractivity contribution in [2.75, 3.05) is 56.5 Å². The Kier molecular flexibility index (Phi) is 6.65. The fraction of sp³-hybridized carbons (Fsp3) is 0.389. The van der Waals surface area contributed by atoms with Gasteiger partial charge in [-0.25, -0.2) is 4.98 Å². The van der Waals surface area contributed by atoms with E-state index in [2.05, 4.69) is 20.1 Å². The summed E-state index contributed by atoms with van der Waals surface area (Å²) >= 11 is 7.66. The highest BCUT2D eigenvalue weighted by atomic mass is 35.5. The first-order valence-electron chi connectivity index (χ1n) is 8.68. The summed E-state index contributed by atoms with van der Waals surface area (Å²) < 4.78 is 0. The largest absolute Gasteiger partial charge is 0.346 e. The van der Waals surface area contributed by atoms with E-state index in [1.54, 1.807) is 48.8 Å². The number of aromatic nitrogens is 1. The van der Waals surface area contributed by atoms with Crippen LogP contribution in [-0.2, 0) is 9.59 Å². The van der Waals surface area contributed by atoms with Gasteiger partial charge in [-0.3, -0.25) is 14.5 Å². The van der Waals surface area contributed by atoms with Crippen molar-refractivity contribution in [2.24, 2.45) is 0 Å². The minimum Gasteiger partial charge on any atom is -0.346 e. The highest BCUT2D eigenvalue weighted by Crippen LogP contribution is 2.20. The van der Waals surface area contributed by atoms with E-state index in [1.807, 2.05) is 5.38 Å². The topological polar surface area (TPSA) is 68.8 Å². The lowest BCUT2D eigenvalue weighted by atomic mass is 10.3. The van der Waals surface area contributed by atoms with E-state index in [0.29, 0.717) is 17.3 Å². The van der Waals surface area contributed by atoms with Gasteiger partial charge in [0.15, 0.2) is 5.13 Å². The number of hydrogen-bond acceptors (Lipinski definition) is 6. The third-order valence-corrected chi connectivity index (χ3v) is 5.54. The van der Waals surface area contributed by atoms with Crippen LogP contribution in [0.5, 0.6) is 0 Å². The molecule has 0 radical (unpaired) electrons. The number of anilines is 2. The number of likely N-dealkylation sites (N-methyl/N-ethyl adjacent to an activating group) is 1. The number of amides is 2. The minimum atomic E-state index is -0.271. The zero-order chi connectivity index (χ0) is 19.2. The lowest BCUT2D eigenvalue weighted by molar-refractivity contribution is -0.134. The molecule has 2 amide bonds. The molecule has 9 heteroatoms. The Labute approximate surface area is 167 Å². The van der Waals surface area contributed by atoms with Crippen molar-refractivity contribution in [2.45, 2.75) is 0 Å². The molecule has 27 heavy (non-hydrogen) atoms. The van der Waals surface area contributed by atoms with E-state index in [1.165, 1.54) is 4.90 Å². The van der Waals surface area contributed by atoms with Gasteiger partial charge >= 0.3 is 0 Å². The smallest absolute Gasteiger partial charge is 0.244 e. The predicted octanol–water partition coefficient (Wildman–Crippen LogP) is 2.02. The molecule has 3 rings (SSSR count). The first kappa shape index (κ1) is 19.6. The number of benzene rings is 1. The summed E-state index contributed by atoms with van der Waals surface area (Å²) in [5.41, 5.74) is 0.545. The monoisotopic (exact) mass is 407 g/mol. The number of para-hydroxylation sites is 1. The highest BCUT2D eigenvalue weighted by molar-refractivity contribution is 7.13. The molecule has 1 aromatic heterocycles. The van der Waals surface area contributed by atoms with Gasteiger partial charge in [0.05, 0.1) is 23.8 Å². The molecule has 1 N–H and O–H groups in total. The standard InChI is InChI=1S/C18H22ClN5O2S/c1-22(12-16(25)21-15-5-3-2-4-14(15)19)17(26)13-23-7-9-24(10-8-23)18-20-6-11-27-18/h2-6,11H,7-10,12-13H2,1H3,(H,21,25). The summed E-state index contributed by atoms with van der Waals surface area (Å²) in [5.74, 6) is -0.348. The van der Waals surface area contributed by atoms with E-state index in [0.717, 1.165) is 31.3 Å². The van der Waals surface area contributed by atoms with Gasteiger partial charge in [-0.2, -0.15) is 0 Å². The van der Waals surface area contributed by atoms with Gasteiger partial charge in [0.2, 0.25) is 11.8 Å². The Bertz CT molecular complexity index is 778. The predicted molar refractivity (Wildman–Crippen MR) is 108 cm³/mol. The molecule has 0 saturated carbocycles. The minimum absolute atomic E-state index is 0.0108. The number of hydrogen-bond donors (Lipinski definition) is 1. The molecule has 1 fully saturated rings. The quantitative estimate of drug-likeness (QED) is 0.793.